The van der Waals surface area contributed by atoms with Gasteiger partial charge < -0.3 is 10.4 Å². The number of amides is 1. The smallest absolute Gasteiger partial charge is 0.224 e. The first-order valence-corrected chi connectivity index (χ1v) is 10.1. The summed E-state index contributed by atoms with van der Waals surface area (Å²) >= 11 is 0. The highest BCUT2D eigenvalue weighted by Gasteiger charge is 2.31. The minimum Gasteiger partial charge on any atom is -0.396 e. The normalized spacial score (nSPS) is 23.0. The number of nitrogens with zero attached hydrogens (tertiary/aromatic N) is 2. The van der Waals surface area contributed by atoms with Gasteiger partial charge in [-0.3, -0.25) is 14.6 Å². The second kappa shape index (κ2) is 10.0. The molecule has 26 heavy (non-hydrogen) atoms. The summed E-state index contributed by atoms with van der Waals surface area (Å²) in [5, 5.41) is 11.8. The maximum absolute atomic E-state index is 12.3. The first-order chi connectivity index (χ1) is 12.8. The van der Waals surface area contributed by atoms with Crippen molar-refractivity contribution < 1.29 is 9.90 Å². The Balaban J connectivity index is 1.43. The summed E-state index contributed by atoms with van der Waals surface area (Å²) < 4.78 is 0. The summed E-state index contributed by atoms with van der Waals surface area (Å²) in [4.78, 5) is 17.4. The van der Waals surface area contributed by atoms with E-state index < -0.39 is 0 Å². The second-order valence-corrected chi connectivity index (χ2v) is 7.70. The third kappa shape index (κ3) is 5.53. The molecule has 2 aliphatic heterocycles. The average Bonchev–Trinajstić information content (AvgIpc) is 2.69. The van der Waals surface area contributed by atoms with Crippen LogP contribution in [0.5, 0.6) is 0 Å². The number of piperidine rings is 2. The van der Waals surface area contributed by atoms with E-state index in [-0.39, 0.29) is 18.4 Å². The minimum absolute atomic E-state index is 0.116. The van der Waals surface area contributed by atoms with Gasteiger partial charge in [-0.25, -0.2) is 0 Å². The maximum Gasteiger partial charge on any atom is 0.224 e. The zero-order valence-electron chi connectivity index (χ0n) is 15.8. The number of nitrogens with one attached hydrogen (secondary N) is 1. The first kappa shape index (κ1) is 19.3. The zero-order valence-corrected chi connectivity index (χ0v) is 15.8. The van der Waals surface area contributed by atoms with Crippen LogP contribution in [0.4, 0.5) is 0 Å². The molecule has 5 heteroatoms. The summed E-state index contributed by atoms with van der Waals surface area (Å²) in [6.45, 7) is 6.08. The summed E-state index contributed by atoms with van der Waals surface area (Å²) in [5.41, 5.74) is 1.39. The molecule has 5 nitrogen and oxygen atoms in total. The van der Waals surface area contributed by atoms with E-state index in [1.165, 1.54) is 18.4 Å². The van der Waals surface area contributed by atoms with Crippen LogP contribution in [-0.2, 0) is 11.3 Å². The van der Waals surface area contributed by atoms with E-state index in [0.29, 0.717) is 19.0 Å². The van der Waals surface area contributed by atoms with Crippen LogP contribution in [0.2, 0.25) is 0 Å². The van der Waals surface area contributed by atoms with Crippen LogP contribution in [-0.4, -0.2) is 66.2 Å². The molecule has 0 bridgehead atoms. The van der Waals surface area contributed by atoms with Gasteiger partial charge >= 0.3 is 0 Å². The monoisotopic (exact) mass is 359 g/mol. The molecule has 0 radical (unpaired) electrons. The Morgan fingerprint density at radius 3 is 2.62 bits per heavy atom. The number of benzene rings is 1. The van der Waals surface area contributed by atoms with Crippen molar-refractivity contribution in [3.05, 3.63) is 35.9 Å². The van der Waals surface area contributed by atoms with Gasteiger partial charge in [-0.1, -0.05) is 30.3 Å². The molecule has 0 aromatic heterocycles. The van der Waals surface area contributed by atoms with Crippen LogP contribution in [0.25, 0.3) is 0 Å². The number of likely N-dealkylation sites (tertiary alicyclic amines) is 2. The van der Waals surface area contributed by atoms with Crippen LogP contribution in [0.1, 0.15) is 37.7 Å². The summed E-state index contributed by atoms with van der Waals surface area (Å²) in [6.07, 6.45) is 5.15. The predicted molar refractivity (Wildman–Crippen MR) is 104 cm³/mol. The van der Waals surface area contributed by atoms with Crippen LogP contribution < -0.4 is 5.32 Å². The molecule has 1 aromatic carbocycles. The van der Waals surface area contributed by atoms with E-state index in [0.717, 1.165) is 45.6 Å². The molecular formula is C21H33N3O2. The molecule has 2 N–H and O–H groups in total. The molecule has 1 unspecified atom stereocenters. The number of aliphatic hydroxyl groups excluding tert-OH is 1. The molecule has 1 aromatic rings. The summed E-state index contributed by atoms with van der Waals surface area (Å²) in [7, 11) is 0. The van der Waals surface area contributed by atoms with Gasteiger partial charge in [0.15, 0.2) is 0 Å². The van der Waals surface area contributed by atoms with Crippen molar-refractivity contribution in [2.45, 2.75) is 44.7 Å². The Morgan fingerprint density at radius 2 is 1.88 bits per heavy atom. The Hall–Kier alpha value is -1.43. The van der Waals surface area contributed by atoms with E-state index in [9.17, 15) is 4.79 Å². The Bertz CT molecular complexity index is 543. The summed E-state index contributed by atoms with van der Waals surface area (Å²) in [5.74, 6) is 0.287. The number of aliphatic hydroxyl groups is 1. The molecule has 144 valence electrons. The number of carbonyl (C=O) groups is 1. The molecule has 0 saturated carbocycles. The number of rotatable bonds is 7. The van der Waals surface area contributed by atoms with Gasteiger partial charge in [0.1, 0.15) is 0 Å². The number of carbonyl (C=O) groups excluding carboxylic acids is 1. The van der Waals surface area contributed by atoms with E-state index in [4.69, 9.17) is 5.11 Å². The number of hydrogen-bond acceptors (Lipinski definition) is 4. The van der Waals surface area contributed by atoms with E-state index in [2.05, 4.69) is 45.4 Å². The van der Waals surface area contributed by atoms with Crippen LogP contribution in [0.3, 0.4) is 0 Å². The fourth-order valence-electron chi connectivity index (χ4n) is 4.27. The molecule has 2 aliphatic rings. The molecular weight excluding hydrogens is 326 g/mol. The Morgan fingerprint density at radius 1 is 1.12 bits per heavy atom. The third-order valence-electron chi connectivity index (χ3n) is 5.78. The third-order valence-corrected chi connectivity index (χ3v) is 5.78. The maximum atomic E-state index is 12.3. The Labute approximate surface area is 157 Å². The average molecular weight is 360 g/mol. The molecule has 0 aliphatic carbocycles. The van der Waals surface area contributed by atoms with Gasteiger partial charge in [0.2, 0.25) is 5.91 Å². The van der Waals surface area contributed by atoms with Crippen LogP contribution >= 0.6 is 0 Å². The van der Waals surface area contributed by atoms with Gasteiger partial charge in [-0.2, -0.15) is 0 Å². The number of hydrogen-bond donors (Lipinski definition) is 2. The molecule has 1 amide bonds. The van der Waals surface area contributed by atoms with Gasteiger partial charge in [0.05, 0.1) is 5.92 Å². The quantitative estimate of drug-likeness (QED) is 0.730. The van der Waals surface area contributed by atoms with Crippen molar-refractivity contribution in [3.8, 4) is 0 Å². The second-order valence-electron chi connectivity index (χ2n) is 7.70. The molecule has 1 atom stereocenters. The zero-order chi connectivity index (χ0) is 18.2. The van der Waals surface area contributed by atoms with Crippen molar-refractivity contribution in [3.63, 3.8) is 0 Å². The largest absolute Gasteiger partial charge is 0.396 e. The predicted octanol–water partition coefficient (Wildman–Crippen LogP) is 1.86. The van der Waals surface area contributed by atoms with Crippen molar-refractivity contribution in [2.75, 3.05) is 39.3 Å². The lowest BCUT2D eigenvalue weighted by Gasteiger charge is -2.42. The highest BCUT2D eigenvalue weighted by Crippen LogP contribution is 2.24. The fourth-order valence-corrected chi connectivity index (χ4v) is 4.27. The van der Waals surface area contributed by atoms with Gasteiger partial charge in [0, 0.05) is 32.3 Å². The lowest BCUT2D eigenvalue weighted by molar-refractivity contribution is -0.127. The molecule has 2 fully saturated rings. The Kier molecular flexibility index (Phi) is 7.47. The molecule has 2 heterocycles. The molecule has 2 saturated heterocycles. The van der Waals surface area contributed by atoms with Crippen molar-refractivity contribution in [1.29, 1.82) is 0 Å². The topological polar surface area (TPSA) is 55.8 Å². The minimum atomic E-state index is 0.116. The van der Waals surface area contributed by atoms with E-state index >= 15 is 0 Å². The van der Waals surface area contributed by atoms with Gasteiger partial charge in [-0.05, 0) is 57.3 Å². The van der Waals surface area contributed by atoms with Crippen LogP contribution in [0, 0.1) is 5.92 Å². The van der Waals surface area contributed by atoms with E-state index in [1.54, 1.807) is 0 Å². The molecule has 0 spiro atoms. The highest BCUT2D eigenvalue weighted by atomic mass is 16.3. The first-order valence-electron chi connectivity index (χ1n) is 10.1. The fraction of sp³-hybridized carbons (Fsp3) is 0.667. The van der Waals surface area contributed by atoms with Gasteiger partial charge in [-0.15, -0.1) is 0 Å². The highest BCUT2D eigenvalue weighted by molar-refractivity contribution is 5.78. The van der Waals surface area contributed by atoms with Crippen molar-refractivity contribution >= 4 is 5.91 Å². The lowest BCUT2D eigenvalue weighted by atomic mass is 9.93. The molecule has 3 rings (SSSR count). The van der Waals surface area contributed by atoms with Crippen molar-refractivity contribution in [1.82, 2.24) is 15.1 Å². The lowest BCUT2D eigenvalue weighted by Crippen LogP contribution is -2.50. The standard InChI is InChI=1S/C21H33N3O2/c25-15-5-11-22-21(26)19-8-4-12-24(17-19)20-9-13-23(14-10-20)16-18-6-2-1-3-7-18/h1-3,6-7,19-20,25H,4-5,8-17H2,(H,22,26). The summed E-state index contributed by atoms with van der Waals surface area (Å²) in [6, 6.07) is 11.3. The van der Waals surface area contributed by atoms with Gasteiger partial charge in [0.25, 0.3) is 0 Å². The van der Waals surface area contributed by atoms with E-state index in [1.807, 2.05) is 0 Å². The SMILES string of the molecule is O=C(NCCCO)C1CCCN(C2CCN(Cc3ccccc3)CC2)C1. The van der Waals surface area contributed by atoms with Crippen molar-refractivity contribution in [2.24, 2.45) is 5.92 Å². The van der Waals surface area contributed by atoms with Crippen LogP contribution in [0.15, 0.2) is 30.3 Å².